The number of anilines is 1. The Bertz CT molecular complexity index is 1420. The van der Waals surface area contributed by atoms with Gasteiger partial charge in [0, 0.05) is 24.0 Å². The molecule has 0 aliphatic carbocycles. The lowest BCUT2D eigenvalue weighted by Crippen LogP contribution is -2.54. The van der Waals surface area contributed by atoms with Crippen LogP contribution in [0.1, 0.15) is 31.4 Å². The molecule has 3 aromatic carbocycles. The highest BCUT2D eigenvalue weighted by Crippen LogP contribution is 2.34. The van der Waals surface area contributed by atoms with Crippen molar-refractivity contribution in [3.63, 3.8) is 0 Å². The average molecular weight is 625 g/mol. The van der Waals surface area contributed by atoms with E-state index in [0.29, 0.717) is 11.4 Å². The molecule has 0 heterocycles. The molecule has 11 heteroatoms. The molecule has 3 rings (SSSR count). The summed E-state index contributed by atoms with van der Waals surface area (Å²) in [7, 11) is -3.97. The molecule has 0 aliphatic rings. The minimum Gasteiger partial charge on any atom is -0.352 e. The Morgan fingerprint density at radius 2 is 1.55 bits per heavy atom. The number of rotatable bonds is 12. The van der Waals surface area contributed by atoms with Gasteiger partial charge in [-0.25, -0.2) is 8.42 Å². The van der Waals surface area contributed by atoms with Gasteiger partial charge in [-0.05, 0) is 48.7 Å². The molecule has 7 nitrogen and oxygen atoms in total. The SMILES string of the molecule is CCC(C)NC(=O)C(Cc1ccccc1)N(Cc1ccc(Cl)cc1)C(=O)CN(c1cccc(Cl)c1Cl)S(C)(=O)=O. The topological polar surface area (TPSA) is 86.8 Å². The van der Waals surface area contributed by atoms with Crippen LogP contribution in [0.2, 0.25) is 15.1 Å². The maximum absolute atomic E-state index is 14.1. The Morgan fingerprint density at radius 1 is 0.900 bits per heavy atom. The van der Waals surface area contributed by atoms with Crippen molar-refractivity contribution in [2.45, 2.75) is 45.3 Å². The first-order valence-electron chi connectivity index (χ1n) is 12.7. The van der Waals surface area contributed by atoms with Crippen molar-refractivity contribution in [3.8, 4) is 0 Å². The van der Waals surface area contributed by atoms with Crippen LogP contribution in [0.3, 0.4) is 0 Å². The molecule has 2 unspecified atom stereocenters. The summed E-state index contributed by atoms with van der Waals surface area (Å²) < 4.78 is 26.7. The van der Waals surface area contributed by atoms with E-state index < -0.39 is 28.5 Å². The molecular formula is C29H32Cl3N3O4S. The summed E-state index contributed by atoms with van der Waals surface area (Å²) in [5.41, 5.74) is 1.64. The van der Waals surface area contributed by atoms with E-state index in [1.165, 1.54) is 17.0 Å². The van der Waals surface area contributed by atoms with E-state index in [1.807, 2.05) is 44.2 Å². The summed E-state index contributed by atoms with van der Waals surface area (Å²) >= 11 is 18.6. The van der Waals surface area contributed by atoms with Gasteiger partial charge in [0.25, 0.3) is 0 Å². The second-order valence-corrected chi connectivity index (χ2v) is 12.6. The summed E-state index contributed by atoms with van der Waals surface area (Å²) in [5, 5.41) is 3.66. The second-order valence-electron chi connectivity index (χ2n) is 9.51. The molecular weight excluding hydrogens is 593 g/mol. The molecule has 0 spiro atoms. The van der Waals surface area contributed by atoms with E-state index in [9.17, 15) is 18.0 Å². The Hall–Kier alpha value is -2.78. The Kier molecular flexibility index (Phi) is 11.3. The first-order chi connectivity index (χ1) is 18.9. The summed E-state index contributed by atoms with van der Waals surface area (Å²) in [5.74, 6) is -0.927. The Balaban J connectivity index is 2.08. The van der Waals surface area contributed by atoms with E-state index in [1.54, 1.807) is 30.3 Å². The zero-order valence-corrected chi connectivity index (χ0v) is 25.6. The van der Waals surface area contributed by atoms with Crippen molar-refractivity contribution in [1.29, 1.82) is 0 Å². The molecule has 2 amide bonds. The van der Waals surface area contributed by atoms with Crippen LogP contribution < -0.4 is 9.62 Å². The number of halogens is 3. The maximum atomic E-state index is 14.1. The fourth-order valence-electron chi connectivity index (χ4n) is 4.06. The molecule has 40 heavy (non-hydrogen) atoms. The molecule has 0 saturated heterocycles. The summed E-state index contributed by atoms with van der Waals surface area (Å²) in [6.07, 6.45) is 1.90. The standard InChI is InChI=1S/C29H32Cl3N3O4S/c1-4-20(2)33-29(37)26(17-21-9-6-5-7-10-21)34(18-22-13-15-23(30)16-14-22)27(36)19-35(40(3,38)39)25-12-8-11-24(31)28(25)32/h5-16,20,26H,4,17-19H2,1-3H3,(H,33,37). The molecule has 214 valence electrons. The van der Waals surface area contributed by atoms with Crippen molar-refractivity contribution in [3.05, 3.63) is 99.0 Å². The number of hydrogen-bond acceptors (Lipinski definition) is 4. The highest BCUT2D eigenvalue weighted by Gasteiger charge is 2.34. The van der Waals surface area contributed by atoms with Gasteiger partial charge in [-0.2, -0.15) is 0 Å². The number of benzene rings is 3. The van der Waals surface area contributed by atoms with Crippen molar-refractivity contribution >= 4 is 62.3 Å². The van der Waals surface area contributed by atoms with Gasteiger partial charge in [-0.3, -0.25) is 13.9 Å². The Labute approximate surface area is 251 Å². The fraction of sp³-hybridized carbons (Fsp3) is 0.310. The van der Waals surface area contributed by atoms with Crippen LogP contribution in [0, 0.1) is 0 Å². The predicted molar refractivity (Wildman–Crippen MR) is 162 cm³/mol. The lowest BCUT2D eigenvalue weighted by molar-refractivity contribution is -0.140. The number of carbonyl (C=O) groups is 2. The van der Waals surface area contributed by atoms with Gasteiger partial charge in [0.1, 0.15) is 12.6 Å². The third-order valence-corrected chi connectivity index (χ3v) is 8.60. The molecule has 1 N–H and O–H groups in total. The van der Waals surface area contributed by atoms with Gasteiger partial charge in [0.2, 0.25) is 21.8 Å². The van der Waals surface area contributed by atoms with E-state index in [4.69, 9.17) is 34.8 Å². The van der Waals surface area contributed by atoms with Crippen LogP contribution >= 0.6 is 34.8 Å². The van der Waals surface area contributed by atoms with Gasteiger partial charge in [-0.15, -0.1) is 0 Å². The molecule has 0 fully saturated rings. The summed E-state index contributed by atoms with van der Waals surface area (Å²) in [4.78, 5) is 29.1. The lowest BCUT2D eigenvalue weighted by atomic mass is 10.0. The summed E-state index contributed by atoms with van der Waals surface area (Å²) in [6, 6.07) is 19.7. The monoisotopic (exact) mass is 623 g/mol. The normalized spacial score (nSPS) is 12.8. The van der Waals surface area contributed by atoms with Gasteiger partial charge >= 0.3 is 0 Å². The van der Waals surface area contributed by atoms with E-state index in [2.05, 4.69) is 5.32 Å². The smallest absolute Gasteiger partial charge is 0.244 e. The van der Waals surface area contributed by atoms with E-state index in [0.717, 1.165) is 21.7 Å². The third-order valence-electron chi connectivity index (χ3n) is 6.42. The fourth-order valence-corrected chi connectivity index (χ4v) is 5.49. The quantitative estimate of drug-likeness (QED) is 0.269. The maximum Gasteiger partial charge on any atom is 0.244 e. The van der Waals surface area contributed by atoms with Gasteiger partial charge in [0.05, 0.1) is 22.0 Å². The highest BCUT2D eigenvalue weighted by molar-refractivity contribution is 7.92. The van der Waals surface area contributed by atoms with Crippen molar-refractivity contribution in [1.82, 2.24) is 10.2 Å². The molecule has 0 radical (unpaired) electrons. The minimum atomic E-state index is -3.97. The molecule has 0 aromatic heterocycles. The van der Waals surface area contributed by atoms with Crippen molar-refractivity contribution in [2.75, 3.05) is 17.1 Å². The zero-order chi connectivity index (χ0) is 29.4. The predicted octanol–water partition coefficient (Wildman–Crippen LogP) is 5.97. The number of hydrogen-bond donors (Lipinski definition) is 1. The van der Waals surface area contributed by atoms with Gasteiger partial charge in [0.15, 0.2) is 0 Å². The van der Waals surface area contributed by atoms with Crippen molar-refractivity contribution in [2.24, 2.45) is 0 Å². The Morgan fingerprint density at radius 3 is 2.15 bits per heavy atom. The molecule has 0 saturated carbocycles. The van der Waals surface area contributed by atoms with E-state index >= 15 is 0 Å². The number of sulfonamides is 1. The van der Waals surface area contributed by atoms with Crippen LogP contribution in [0.15, 0.2) is 72.8 Å². The third kappa shape index (κ3) is 8.61. The number of amides is 2. The molecule has 0 bridgehead atoms. The largest absolute Gasteiger partial charge is 0.352 e. The molecule has 0 aliphatic heterocycles. The highest BCUT2D eigenvalue weighted by atomic mass is 35.5. The number of nitrogens with one attached hydrogen (secondary N) is 1. The average Bonchev–Trinajstić information content (AvgIpc) is 2.91. The second kappa shape index (κ2) is 14.2. The number of nitrogens with zero attached hydrogens (tertiary/aromatic N) is 2. The van der Waals surface area contributed by atoms with Crippen LogP contribution in [0.4, 0.5) is 5.69 Å². The number of carbonyl (C=O) groups excluding carboxylic acids is 2. The van der Waals surface area contributed by atoms with Crippen LogP contribution in [-0.2, 0) is 32.6 Å². The summed E-state index contributed by atoms with van der Waals surface area (Å²) in [6.45, 7) is 3.29. The lowest BCUT2D eigenvalue weighted by Gasteiger charge is -2.34. The van der Waals surface area contributed by atoms with Gasteiger partial charge < -0.3 is 10.2 Å². The van der Waals surface area contributed by atoms with Crippen molar-refractivity contribution < 1.29 is 18.0 Å². The minimum absolute atomic E-state index is 0.00184. The van der Waals surface area contributed by atoms with Crippen LogP contribution in [0.25, 0.3) is 0 Å². The zero-order valence-electron chi connectivity index (χ0n) is 22.5. The first-order valence-corrected chi connectivity index (χ1v) is 15.7. The molecule has 3 aromatic rings. The first kappa shape index (κ1) is 31.7. The van der Waals surface area contributed by atoms with Crippen LogP contribution in [0.5, 0.6) is 0 Å². The molecule has 2 atom stereocenters. The van der Waals surface area contributed by atoms with E-state index in [-0.39, 0.29) is 40.6 Å². The van der Waals surface area contributed by atoms with Crippen LogP contribution in [-0.4, -0.2) is 50.0 Å². The van der Waals surface area contributed by atoms with Gasteiger partial charge in [-0.1, -0.05) is 90.3 Å².